The number of carbonyl (C=O) groups excluding carboxylic acids is 2. The number of amides is 1. The largest absolute Gasteiger partial charge is 0.459 e. The summed E-state index contributed by atoms with van der Waals surface area (Å²) < 4.78 is 43.7. The first-order valence-electron chi connectivity index (χ1n) is 18.8. The van der Waals surface area contributed by atoms with Crippen LogP contribution in [0.2, 0.25) is 0 Å². The van der Waals surface area contributed by atoms with Gasteiger partial charge in [0, 0.05) is 38.5 Å². The van der Waals surface area contributed by atoms with E-state index >= 15 is 0 Å². The number of methoxy groups -OCH3 is 2. The Morgan fingerprint density at radius 3 is 2.08 bits per heavy atom. The third-order valence-corrected chi connectivity index (χ3v) is 11.9. The third kappa shape index (κ3) is 9.65. The fourth-order valence-corrected chi connectivity index (χ4v) is 8.22. The number of ether oxygens (including phenoxy) is 7. The van der Waals surface area contributed by atoms with Gasteiger partial charge in [-0.1, -0.05) is 20.8 Å². The second-order valence-electron chi connectivity index (χ2n) is 16.1. The highest BCUT2D eigenvalue weighted by molar-refractivity contribution is 5.78. The van der Waals surface area contributed by atoms with Crippen LogP contribution in [0.4, 0.5) is 0 Å². The van der Waals surface area contributed by atoms with Crippen LogP contribution in [0.1, 0.15) is 94.9 Å². The van der Waals surface area contributed by atoms with Crippen molar-refractivity contribution in [2.75, 3.05) is 21.3 Å². The van der Waals surface area contributed by atoms with Crippen LogP contribution in [0.15, 0.2) is 0 Å². The summed E-state index contributed by atoms with van der Waals surface area (Å²) in [5.41, 5.74) is -4.23. The number of aliphatic hydroxyl groups is 4. The Balaban J connectivity index is 2.21. The van der Waals surface area contributed by atoms with Gasteiger partial charge in [-0.3, -0.25) is 9.59 Å². The van der Waals surface area contributed by atoms with E-state index in [-0.39, 0.29) is 31.4 Å². The van der Waals surface area contributed by atoms with Crippen molar-refractivity contribution < 1.29 is 63.2 Å². The highest BCUT2D eigenvalue weighted by Crippen LogP contribution is 2.40. The zero-order chi connectivity index (χ0) is 39.5. The Morgan fingerprint density at radius 1 is 0.904 bits per heavy atom. The summed E-state index contributed by atoms with van der Waals surface area (Å²) in [4.78, 5) is 27.9. The highest BCUT2D eigenvalue weighted by atomic mass is 16.7. The smallest absolute Gasteiger partial charge is 0.311 e. The minimum absolute atomic E-state index is 0.103. The fraction of sp³-hybridized carbons (Fsp3) is 0.946. The average molecular weight is 749 g/mol. The van der Waals surface area contributed by atoms with Gasteiger partial charge in [-0.15, -0.1) is 0 Å². The minimum atomic E-state index is -1.94. The van der Waals surface area contributed by atoms with Crippen LogP contribution in [0.25, 0.3) is 0 Å². The van der Waals surface area contributed by atoms with Gasteiger partial charge >= 0.3 is 5.97 Å². The molecule has 3 aliphatic heterocycles. The molecule has 3 rings (SSSR count). The molecule has 6 N–H and O–H groups in total. The molecule has 18 atom stereocenters. The number of esters is 1. The highest BCUT2D eigenvalue weighted by Gasteiger charge is 2.53. The van der Waals surface area contributed by atoms with E-state index < -0.39 is 108 Å². The van der Waals surface area contributed by atoms with Crippen molar-refractivity contribution >= 4 is 11.9 Å². The van der Waals surface area contributed by atoms with Crippen molar-refractivity contribution in [2.24, 2.45) is 17.8 Å². The molecule has 0 aromatic heterocycles. The van der Waals surface area contributed by atoms with E-state index in [9.17, 15) is 30.0 Å². The Hall–Kier alpha value is -1.50. The van der Waals surface area contributed by atoms with E-state index in [1.165, 1.54) is 21.1 Å². The summed E-state index contributed by atoms with van der Waals surface area (Å²) in [5.74, 6) is -3.58. The average Bonchev–Trinajstić information content (AvgIpc) is 3.09. The lowest BCUT2D eigenvalue weighted by atomic mass is 9.77. The molecule has 0 saturated carbocycles. The van der Waals surface area contributed by atoms with E-state index in [4.69, 9.17) is 33.2 Å². The molecule has 1 amide bonds. The zero-order valence-electron chi connectivity index (χ0n) is 33.5. The summed E-state index contributed by atoms with van der Waals surface area (Å²) in [7, 11) is 4.75. The Labute approximate surface area is 309 Å². The predicted octanol–water partition coefficient (Wildman–Crippen LogP) is 1.40. The topological polar surface area (TPSA) is 204 Å². The molecule has 3 heterocycles. The maximum absolute atomic E-state index is 14.2. The molecule has 52 heavy (non-hydrogen) atoms. The SMILES string of the molecule is CC[C@H]1OC(=O)[C@H](C)[C@@H](O[C@H]2C[C@@](C)(OC)[C@@H](O)[C@H](C)O2)[C@H](C)[C@@H](O[C@@H]2O[C@H](C)C[C@H](NC)[C@H]2O)[C@](C)(OC)C[C@@H](C)C(=O)N[C@H](C)[C@@H](O)[C@]1(C)O. The number of hydrogen-bond donors (Lipinski definition) is 6. The van der Waals surface area contributed by atoms with Crippen LogP contribution in [0.3, 0.4) is 0 Å². The molecule has 0 aromatic rings. The maximum atomic E-state index is 14.2. The number of rotatable bonds is 8. The summed E-state index contributed by atoms with van der Waals surface area (Å²) in [6.07, 6.45) is -8.81. The first-order valence-corrected chi connectivity index (χ1v) is 18.8. The Kier molecular flexibility index (Phi) is 15.5. The van der Waals surface area contributed by atoms with Gasteiger partial charge in [-0.25, -0.2) is 0 Å². The molecule has 0 unspecified atom stereocenters. The number of likely N-dealkylation sites (N-methyl/N-ethyl adjacent to an activating group) is 1. The van der Waals surface area contributed by atoms with E-state index in [2.05, 4.69) is 10.6 Å². The van der Waals surface area contributed by atoms with Crippen molar-refractivity contribution in [3.8, 4) is 0 Å². The molecule has 0 aromatic carbocycles. The Morgan fingerprint density at radius 2 is 1.52 bits per heavy atom. The molecule has 0 bridgehead atoms. The van der Waals surface area contributed by atoms with Crippen LogP contribution in [-0.2, 0) is 42.7 Å². The van der Waals surface area contributed by atoms with Crippen LogP contribution in [0, 0.1) is 17.8 Å². The normalized spacial score (nSPS) is 49.0. The molecular formula is C37H68N2O13. The van der Waals surface area contributed by atoms with Crippen LogP contribution >= 0.6 is 0 Å². The lowest BCUT2D eigenvalue weighted by Crippen LogP contribution is -2.61. The monoisotopic (exact) mass is 748 g/mol. The second kappa shape index (κ2) is 18.0. The van der Waals surface area contributed by atoms with Crippen LogP contribution in [-0.4, -0.2) is 144 Å². The molecule has 15 nitrogen and oxygen atoms in total. The first kappa shape index (κ1) is 44.9. The number of hydrogen-bond acceptors (Lipinski definition) is 14. The number of aliphatic hydroxyl groups excluding tert-OH is 3. The van der Waals surface area contributed by atoms with Crippen LogP contribution in [0.5, 0.6) is 0 Å². The number of carbonyl (C=O) groups is 2. The zero-order valence-corrected chi connectivity index (χ0v) is 33.5. The predicted molar refractivity (Wildman–Crippen MR) is 190 cm³/mol. The lowest BCUT2D eigenvalue weighted by molar-refractivity contribution is -0.317. The lowest BCUT2D eigenvalue weighted by Gasteiger charge is -2.49. The molecule has 0 radical (unpaired) electrons. The van der Waals surface area contributed by atoms with E-state index in [1.54, 1.807) is 55.5 Å². The fourth-order valence-electron chi connectivity index (χ4n) is 8.22. The van der Waals surface area contributed by atoms with Gasteiger partial charge in [0.25, 0.3) is 0 Å². The standard InChI is InChI=1S/C37H68N2O13/c1-14-25-37(10,45)29(41)22(6)39-32(43)18(2)16-36(9,47-13)31(52-34-27(40)24(38-11)15-19(3)48-34)20(4)28(21(5)33(44)50-25)51-26-17-35(8,46-12)30(42)23(7)49-26/h18-31,34,38,40-42,45H,14-17H2,1-13H3,(H,39,43)/t18-,19-,20+,21-,22-,23+,24+,25-,26+,27-,28+,29-,30+,31-,34+,35-,36-,37-/m1/s1. The van der Waals surface area contributed by atoms with Gasteiger partial charge < -0.3 is 64.2 Å². The maximum Gasteiger partial charge on any atom is 0.311 e. The van der Waals surface area contributed by atoms with E-state index in [0.29, 0.717) is 6.42 Å². The summed E-state index contributed by atoms with van der Waals surface area (Å²) in [6, 6.07) is -1.26. The molecule has 304 valence electrons. The van der Waals surface area contributed by atoms with Crippen molar-refractivity contribution in [1.82, 2.24) is 10.6 Å². The van der Waals surface area contributed by atoms with Gasteiger partial charge in [-0.05, 0) is 74.8 Å². The summed E-state index contributed by atoms with van der Waals surface area (Å²) >= 11 is 0. The van der Waals surface area contributed by atoms with Crippen molar-refractivity contribution in [3.63, 3.8) is 0 Å². The summed E-state index contributed by atoms with van der Waals surface area (Å²) in [5, 5.41) is 51.2. The number of cyclic esters (lactones) is 1. The minimum Gasteiger partial charge on any atom is -0.459 e. The van der Waals surface area contributed by atoms with Crippen molar-refractivity contribution in [2.45, 2.75) is 185 Å². The Bertz CT molecular complexity index is 1180. The molecule has 3 saturated heterocycles. The molecule has 3 aliphatic rings. The van der Waals surface area contributed by atoms with E-state index in [1.807, 2.05) is 13.8 Å². The second-order valence-corrected chi connectivity index (χ2v) is 16.1. The van der Waals surface area contributed by atoms with E-state index in [0.717, 1.165) is 0 Å². The summed E-state index contributed by atoms with van der Waals surface area (Å²) in [6.45, 7) is 17.0. The van der Waals surface area contributed by atoms with Gasteiger partial charge in [-0.2, -0.15) is 0 Å². The van der Waals surface area contributed by atoms with Gasteiger partial charge in [0.2, 0.25) is 5.91 Å². The molecular weight excluding hydrogens is 680 g/mol. The van der Waals surface area contributed by atoms with Gasteiger partial charge in [0.05, 0.1) is 47.6 Å². The first-order chi connectivity index (χ1) is 24.1. The molecule has 0 spiro atoms. The molecule has 3 fully saturated rings. The van der Waals surface area contributed by atoms with Gasteiger partial charge in [0.1, 0.15) is 30.0 Å². The molecule has 15 heteroatoms. The van der Waals surface area contributed by atoms with Gasteiger partial charge in [0.15, 0.2) is 12.6 Å². The third-order valence-electron chi connectivity index (χ3n) is 11.9. The van der Waals surface area contributed by atoms with Crippen molar-refractivity contribution in [3.05, 3.63) is 0 Å². The number of nitrogens with one attached hydrogen (secondary N) is 2. The molecule has 0 aliphatic carbocycles. The van der Waals surface area contributed by atoms with Crippen LogP contribution < -0.4 is 10.6 Å². The quantitative estimate of drug-likeness (QED) is 0.194. The van der Waals surface area contributed by atoms with Crippen molar-refractivity contribution in [1.29, 1.82) is 0 Å².